The highest BCUT2D eigenvalue weighted by atomic mass is 35.5. The molecule has 35 heavy (non-hydrogen) atoms. The fourth-order valence-electron chi connectivity index (χ4n) is 3.66. The minimum atomic E-state index is -3.65. The number of hydrogen-bond acceptors (Lipinski definition) is 7. The Kier molecular flexibility index (Phi) is 8.66. The Morgan fingerprint density at radius 2 is 1.94 bits per heavy atom. The average molecular weight is 536 g/mol. The molecule has 1 aromatic heterocycles. The van der Waals surface area contributed by atoms with E-state index in [9.17, 15) is 13.2 Å². The Bertz CT molecular complexity index is 1250. The number of amides is 1. The summed E-state index contributed by atoms with van der Waals surface area (Å²) in [6, 6.07) is 13.9. The zero-order valence-electron chi connectivity index (χ0n) is 18.9. The van der Waals surface area contributed by atoms with E-state index >= 15 is 0 Å². The molecule has 1 aliphatic carbocycles. The Balaban J connectivity index is 1.19. The number of benzene rings is 2. The summed E-state index contributed by atoms with van der Waals surface area (Å²) >= 11 is 7.62. The molecule has 0 aliphatic heterocycles. The van der Waals surface area contributed by atoms with Crippen molar-refractivity contribution in [1.82, 2.24) is 25.2 Å². The number of sulfonamides is 1. The number of aromatic amines is 1. The van der Waals surface area contributed by atoms with Gasteiger partial charge in [-0.3, -0.25) is 9.89 Å². The lowest BCUT2D eigenvalue weighted by Crippen LogP contribution is -2.32. The molecule has 0 radical (unpaired) electrons. The summed E-state index contributed by atoms with van der Waals surface area (Å²) in [5, 5.41) is 10.6. The van der Waals surface area contributed by atoms with Crippen LogP contribution in [-0.4, -0.2) is 54.5 Å². The van der Waals surface area contributed by atoms with E-state index in [0.717, 1.165) is 31.2 Å². The lowest BCUT2D eigenvalue weighted by Gasteiger charge is -2.14. The predicted octanol–water partition coefficient (Wildman–Crippen LogP) is 3.63. The minimum absolute atomic E-state index is 0.0359. The van der Waals surface area contributed by atoms with Crippen molar-refractivity contribution in [2.45, 2.75) is 41.8 Å². The number of rotatable bonds is 11. The second-order valence-corrected chi connectivity index (χ2v) is 11.2. The summed E-state index contributed by atoms with van der Waals surface area (Å²) < 4.78 is 33.3. The number of carbonyl (C=O) groups is 1. The topological polar surface area (TPSA) is 126 Å². The summed E-state index contributed by atoms with van der Waals surface area (Å²) in [4.78, 5) is 16.6. The molecule has 0 saturated heterocycles. The van der Waals surface area contributed by atoms with Crippen LogP contribution in [0, 0.1) is 0 Å². The van der Waals surface area contributed by atoms with Gasteiger partial charge in [-0.15, -0.1) is 5.10 Å². The number of aromatic nitrogens is 3. The van der Waals surface area contributed by atoms with Crippen molar-refractivity contribution in [1.29, 1.82) is 0 Å². The standard InChI is InChI=1S/C23H26ClN5O4S2/c24-19-14-18(35(31,32)29-17-8-4-5-9-17)10-11-20(19)33-15-21(30)25-12-13-34-23-26-22(27-28-23)16-6-2-1-3-7-16/h1-3,6-7,10-11,14,17,29H,4-5,8-9,12-13,15H2,(H,25,30)(H,26,27,28). The SMILES string of the molecule is O=C(COc1ccc(S(=O)(=O)NC2CCCC2)cc1Cl)NCCSc1n[nH]c(-c2ccccc2)n1. The van der Waals surface area contributed by atoms with Crippen LogP contribution in [0.4, 0.5) is 0 Å². The Hall–Kier alpha value is -2.60. The monoisotopic (exact) mass is 535 g/mol. The van der Waals surface area contributed by atoms with Crippen LogP contribution in [0.25, 0.3) is 11.4 Å². The van der Waals surface area contributed by atoms with Gasteiger partial charge in [0.25, 0.3) is 5.91 Å². The molecule has 0 bridgehead atoms. The zero-order valence-corrected chi connectivity index (χ0v) is 21.3. The molecule has 1 fully saturated rings. The van der Waals surface area contributed by atoms with Crippen LogP contribution in [0.2, 0.25) is 5.02 Å². The van der Waals surface area contributed by atoms with Crippen LogP contribution in [0.1, 0.15) is 25.7 Å². The van der Waals surface area contributed by atoms with Crippen LogP contribution in [0.15, 0.2) is 58.6 Å². The van der Waals surface area contributed by atoms with Gasteiger partial charge in [0.2, 0.25) is 15.2 Å². The van der Waals surface area contributed by atoms with E-state index in [1.807, 2.05) is 30.3 Å². The molecule has 9 nitrogen and oxygen atoms in total. The van der Waals surface area contributed by atoms with Crippen LogP contribution in [-0.2, 0) is 14.8 Å². The maximum atomic E-state index is 12.6. The van der Waals surface area contributed by atoms with E-state index < -0.39 is 10.0 Å². The molecule has 3 N–H and O–H groups in total. The number of H-pyrrole nitrogens is 1. The van der Waals surface area contributed by atoms with Crippen molar-refractivity contribution in [3.05, 3.63) is 53.6 Å². The van der Waals surface area contributed by atoms with Crippen molar-refractivity contribution in [3.8, 4) is 17.1 Å². The quantitative estimate of drug-likeness (QED) is 0.253. The van der Waals surface area contributed by atoms with Crippen molar-refractivity contribution in [2.75, 3.05) is 18.9 Å². The van der Waals surface area contributed by atoms with Crippen LogP contribution in [0.5, 0.6) is 5.75 Å². The van der Waals surface area contributed by atoms with E-state index in [2.05, 4.69) is 25.2 Å². The fraction of sp³-hybridized carbons (Fsp3) is 0.348. The molecule has 186 valence electrons. The Labute approximate surface area is 213 Å². The van der Waals surface area contributed by atoms with Gasteiger partial charge in [-0.1, -0.05) is 66.5 Å². The first-order valence-corrected chi connectivity index (χ1v) is 14.1. The van der Waals surface area contributed by atoms with Crippen LogP contribution >= 0.6 is 23.4 Å². The lowest BCUT2D eigenvalue weighted by atomic mass is 10.2. The Morgan fingerprint density at radius 1 is 1.17 bits per heavy atom. The number of thioether (sulfide) groups is 1. The highest BCUT2D eigenvalue weighted by Gasteiger charge is 2.23. The number of ether oxygens (including phenoxy) is 1. The summed E-state index contributed by atoms with van der Waals surface area (Å²) in [5.74, 6) is 1.20. The molecule has 3 aromatic rings. The summed E-state index contributed by atoms with van der Waals surface area (Å²) in [6.07, 6.45) is 3.73. The first-order valence-electron chi connectivity index (χ1n) is 11.2. The lowest BCUT2D eigenvalue weighted by molar-refractivity contribution is -0.122. The van der Waals surface area contributed by atoms with Gasteiger partial charge in [0.1, 0.15) is 5.75 Å². The second-order valence-electron chi connectivity index (χ2n) is 8.01. The number of nitrogens with one attached hydrogen (secondary N) is 3. The largest absolute Gasteiger partial charge is 0.482 e. The molecule has 4 rings (SSSR count). The smallest absolute Gasteiger partial charge is 0.257 e. The van der Waals surface area contributed by atoms with E-state index in [1.54, 1.807) is 0 Å². The van der Waals surface area contributed by atoms with Gasteiger partial charge in [-0.05, 0) is 31.0 Å². The number of nitrogens with zero attached hydrogens (tertiary/aromatic N) is 2. The Morgan fingerprint density at radius 3 is 2.69 bits per heavy atom. The molecule has 0 atom stereocenters. The molecular formula is C23H26ClN5O4S2. The van der Waals surface area contributed by atoms with E-state index in [1.165, 1.54) is 30.0 Å². The van der Waals surface area contributed by atoms with Crippen LogP contribution in [0.3, 0.4) is 0 Å². The van der Waals surface area contributed by atoms with E-state index in [-0.39, 0.29) is 34.2 Å². The highest BCUT2D eigenvalue weighted by molar-refractivity contribution is 7.99. The maximum Gasteiger partial charge on any atom is 0.257 e. The maximum absolute atomic E-state index is 12.6. The van der Waals surface area contributed by atoms with E-state index in [4.69, 9.17) is 16.3 Å². The number of halogens is 1. The molecule has 0 spiro atoms. The number of carbonyl (C=O) groups excluding carboxylic acids is 1. The third-order valence-electron chi connectivity index (χ3n) is 5.42. The summed E-state index contributed by atoms with van der Waals surface area (Å²) in [7, 11) is -3.65. The molecule has 1 heterocycles. The van der Waals surface area contributed by atoms with Crippen molar-refractivity contribution in [2.24, 2.45) is 0 Å². The van der Waals surface area contributed by atoms with Crippen molar-refractivity contribution < 1.29 is 17.9 Å². The minimum Gasteiger partial charge on any atom is -0.482 e. The van der Waals surface area contributed by atoms with Gasteiger partial charge in [0, 0.05) is 23.9 Å². The molecule has 1 amide bonds. The van der Waals surface area contributed by atoms with Gasteiger partial charge in [0.05, 0.1) is 9.92 Å². The van der Waals surface area contributed by atoms with Gasteiger partial charge in [0.15, 0.2) is 12.4 Å². The van der Waals surface area contributed by atoms with Crippen molar-refractivity contribution in [3.63, 3.8) is 0 Å². The molecule has 1 aliphatic rings. The summed E-state index contributed by atoms with van der Waals surface area (Å²) in [6.45, 7) is 0.162. The second kappa shape index (κ2) is 11.9. The normalized spacial score (nSPS) is 14.2. The predicted molar refractivity (Wildman–Crippen MR) is 135 cm³/mol. The zero-order chi connectivity index (χ0) is 24.7. The van der Waals surface area contributed by atoms with Gasteiger partial charge in [-0.25, -0.2) is 18.1 Å². The molecule has 1 saturated carbocycles. The highest BCUT2D eigenvalue weighted by Crippen LogP contribution is 2.28. The molecular weight excluding hydrogens is 510 g/mol. The molecule has 2 aromatic carbocycles. The first kappa shape index (κ1) is 25.5. The average Bonchev–Trinajstić information content (AvgIpc) is 3.53. The number of hydrogen-bond donors (Lipinski definition) is 3. The van der Waals surface area contributed by atoms with E-state index in [0.29, 0.717) is 23.3 Å². The van der Waals surface area contributed by atoms with Crippen LogP contribution < -0.4 is 14.8 Å². The first-order chi connectivity index (χ1) is 16.9. The third-order valence-corrected chi connectivity index (χ3v) is 8.08. The fourth-order valence-corrected chi connectivity index (χ4v) is 5.94. The molecule has 12 heteroatoms. The van der Waals surface area contributed by atoms with Gasteiger partial charge < -0.3 is 10.1 Å². The van der Waals surface area contributed by atoms with Gasteiger partial charge >= 0.3 is 0 Å². The van der Waals surface area contributed by atoms with Crippen molar-refractivity contribution >= 4 is 39.3 Å². The summed E-state index contributed by atoms with van der Waals surface area (Å²) in [5.41, 5.74) is 0.951. The molecule has 0 unspecified atom stereocenters. The third kappa shape index (κ3) is 7.20. The van der Waals surface area contributed by atoms with Gasteiger partial charge in [-0.2, -0.15) is 0 Å².